The van der Waals surface area contributed by atoms with Gasteiger partial charge in [0.05, 0.1) is 16.1 Å². The van der Waals surface area contributed by atoms with E-state index in [1.807, 2.05) is 121 Å². The van der Waals surface area contributed by atoms with E-state index in [1.54, 1.807) is 9.80 Å². The maximum atomic E-state index is 14.3. The van der Waals surface area contributed by atoms with Gasteiger partial charge in [0.2, 0.25) is 0 Å². The SMILES string of the molecule is O=C(c1ccc([N+](=O)[O-])cc1C(=O)N(Cc1ccccc1)Cc1ccccc1)N(Cc1ccccc1)Cc1ccccc1. The molecule has 0 saturated carbocycles. The minimum absolute atomic E-state index is 0.00261. The van der Waals surface area contributed by atoms with Crippen LogP contribution in [0.2, 0.25) is 0 Å². The van der Waals surface area contributed by atoms with Crippen molar-refractivity contribution < 1.29 is 14.5 Å². The maximum absolute atomic E-state index is 14.3. The Morgan fingerprint density at radius 2 is 0.814 bits per heavy atom. The van der Waals surface area contributed by atoms with E-state index in [1.165, 1.54) is 18.2 Å². The predicted octanol–water partition coefficient (Wildman–Crippen LogP) is 7.28. The number of hydrogen-bond donors (Lipinski definition) is 0. The molecule has 7 heteroatoms. The number of nitro groups is 1. The van der Waals surface area contributed by atoms with Crippen molar-refractivity contribution in [3.05, 3.63) is 183 Å². The average molecular weight is 570 g/mol. The number of hydrogen-bond acceptors (Lipinski definition) is 4. The molecule has 0 unspecified atom stereocenters. The first-order valence-corrected chi connectivity index (χ1v) is 14.0. The van der Waals surface area contributed by atoms with Crippen LogP contribution in [0.3, 0.4) is 0 Å². The van der Waals surface area contributed by atoms with Crippen molar-refractivity contribution in [2.45, 2.75) is 26.2 Å². The van der Waals surface area contributed by atoms with Crippen LogP contribution >= 0.6 is 0 Å². The summed E-state index contributed by atoms with van der Waals surface area (Å²) in [5.41, 5.74) is 3.52. The zero-order chi connectivity index (χ0) is 30.0. The third kappa shape index (κ3) is 7.59. The minimum atomic E-state index is -0.546. The first-order chi connectivity index (χ1) is 21.0. The lowest BCUT2D eigenvalue weighted by atomic mass is 10.0. The van der Waals surface area contributed by atoms with Crippen LogP contribution in [-0.2, 0) is 26.2 Å². The maximum Gasteiger partial charge on any atom is 0.270 e. The molecule has 0 radical (unpaired) electrons. The molecule has 43 heavy (non-hydrogen) atoms. The second-order valence-electron chi connectivity index (χ2n) is 10.3. The highest BCUT2D eigenvalue weighted by Crippen LogP contribution is 2.25. The van der Waals surface area contributed by atoms with Crippen molar-refractivity contribution in [2.75, 3.05) is 0 Å². The van der Waals surface area contributed by atoms with Crippen molar-refractivity contribution in [1.29, 1.82) is 0 Å². The summed E-state index contributed by atoms with van der Waals surface area (Å²) in [6.45, 7) is 1.14. The van der Waals surface area contributed by atoms with Gasteiger partial charge in [-0.05, 0) is 28.3 Å². The number of non-ortho nitro benzene ring substituents is 1. The summed E-state index contributed by atoms with van der Waals surface area (Å²) in [4.78, 5) is 43.2. The Balaban J connectivity index is 1.55. The number of benzene rings is 5. The molecule has 0 fully saturated rings. The summed E-state index contributed by atoms with van der Waals surface area (Å²) in [6, 6.07) is 42.2. The Labute approximate surface area is 250 Å². The predicted molar refractivity (Wildman–Crippen MR) is 166 cm³/mol. The van der Waals surface area contributed by atoms with Crippen LogP contribution in [0.1, 0.15) is 43.0 Å². The van der Waals surface area contributed by atoms with Crippen molar-refractivity contribution in [3.8, 4) is 0 Å². The molecule has 0 saturated heterocycles. The fourth-order valence-corrected chi connectivity index (χ4v) is 4.96. The molecule has 0 aliphatic carbocycles. The zero-order valence-corrected chi connectivity index (χ0v) is 23.6. The van der Waals surface area contributed by atoms with Gasteiger partial charge in [0.25, 0.3) is 17.5 Å². The molecule has 5 aromatic carbocycles. The first-order valence-electron chi connectivity index (χ1n) is 14.0. The highest BCUT2D eigenvalue weighted by Gasteiger charge is 2.28. The number of carbonyl (C=O) groups excluding carboxylic acids is 2. The Morgan fingerprint density at radius 3 is 1.14 bits per heavy atom. The van der Waals surface area contributed by atoms with Gasteiger partial charge in [-0.2, -0.15) is 0 Å². The summed E-state index contributed by atoms with van der Waals surface area (Å²) in [7, 11) is 0. The lowest BCUT2D eigenvalue weighted by Gasteiger charge is -2.27. The summed E-state index contributed by atoms with van der Waals surface area (Å²) in [5, 5.41) is 11.8. The number of rotatable bonds is 11. The summed E-state index contributed by atoms with van der Waals surface area (Å²) in [6.07, 6.45) is 0. The van der Waals surface area contributed by atoms with Crippen molar-refractivity contribution in [2.24, 2.45) is 0 Å². The van der Waals surface area contributed by atoms with Crippen LogP contribution < -0.4 is 0 Å². The van der Waals surface area contributed by atoms with Gasteiger partial charge in [-0.25, -0.2) is 0 Å². The second-order valence-corrected chi connectivity index (χ2v) is 10.3. The molecule has 5 aromatic rings. The van der Waals surface area contributed by atoms with Gasteiger partial charge in [0, 0.05) is 38.3 Å². The molecule has 0 aromatic heterocycles. The van der Waals surface area contributed by atoms with E-state index in [-0.39, 0.29) is 35.8 Å². The first kappa shape index (κ1) is 29.0. The molecule has 0 spiro atoms. The average Bonchev–Trinajstić information content (AvgIpc) is 3.05. The standard InChI is InChI=1S/C36H31N3O4/c40-35(37(24-28-13-5-1-6-14-28)25-29-15-7-2-8-16-29)33-22-21-32(39(42)43)23-34(33)36(41)38(26-30-17-9-3-10-18-30)27-31-19-11-4-12-20-31/h1-23H,24-27H2. The molecule has 0 heterocycles. The van der Waals surface area contributed by atoms with E-state index in [0.29, 0.717) is 13.1 Å². The zero-order valence-electron chi connectivity index (χ0n) is 23.6. The van der Waals surface area contributed by atoms with E-state index in [9.17, 15) is 19.7 Å². The molecule has 0 atom stereocenters. The minimum Gasteiger partial charge on any atom is -0.330 e. The third-order valence-electron chi connectivity index (χ3n) is 7.11. The fraction of sp³-hybridized carbons (Fsp3) is 0.111. The highest BCUT2D eigenvalue weighted by atomic mass is 16.6. The van der Waals surface area contributed by atoms with Crippen LogP contribution in [-0.4, -0.2) is 26.5 Å². The Bertz CT molecular complexity index is 1590. The smallest absolute Gasteiger partial charge is 0.270 e. The Hall–Kier alpha value is -5.56. The van der Waals surface area contributed by atoms with Gasteiger partial charge >= 0.3 is 0 Å². The van der Waals surface area contributed by atoms with Gasteiger partial charge in [0.1, 0.15) is 0 Å². The largest absolute Gasteiger partial charge is 0.330 e. The van der Waals surface area contributed by atoms with E-state index >= 15 is 0 Å². The lowest BCUT2D eigenvalue weighted by Crippen LogP contribution is -2.35. The molecule has 0 aliphatic heterocycles. The van der Waals surface area contributed by atoms with Crippen LogP contribution in [0.4, 0.5) is 5.69 Å². The molecule has 0 bridgehead atoms. The fourth-order valence-electron chi connectivity index (χ4n) is 4.96. The number of nitro benzene ring substituents is 1. The molecular weight excluding hydrogens is 538 g/mol. The molecule has 0 N–H and O–H groups in total. The van der Waals surface area contributed by atoms with Gasteiger partial charge < -0.3 is 9.80 Å². The Kier molecular flexibility index (Phi) is 9.34. The van der Waals surface area contributed by atoms with Gasteiger partial charge in [0.15, 0.2) is 0 Å². The summed E-state index contributed by atoms with van der Waals surface area (Å²) < 4.78 is 0. The van der Waals surface area contributed by atoms with Crippen molar-refractivity contribution in [3.63, 3.8) is 0 Å². The highest BCUT2D eigenvalue weighted by molar-refractivity contribution is 6.07. The molecule has 214 valence electrons. The topological polar surface area (TPSA) is 83.8 Å². The van der Waals surface area contributed by atoms with E-state index in [0.717, 1.165) is 22.3 Å². The Morgan fingerprint density at radius 1 is 0.488 bits per heavy atom. The number of nitrogens with zero attached hydrogens (tertiary/aromatic N) is 3. The normalized spacial score (nSPS) is 10.6. The van der Waals surface area contributed by atoms with E-state index in [2.05, 4.69) is 0 Å². The monoisotopic (exact) mass is 569 g/mol. The van der Waals surface area contributed by atoms with Crippen LogP contribution in [0.25, 0.3) is 0 Å². The molecule has 2 amide bonds. The van der Waals surface area contributed by atoms with Crippen LogP contribution in [0.5, 0.6) is 0 Å². The summed E-state index contributed by atoms with van der Waals surface area (Å²) >= 11 is 0. The molecule has 5 rings (SSSR count). The van der Waals surface area contributed by atoms with Crippen molar-refractivity contribution >= 4 is 17.5 Å². The number of amides is 2. The van der Waals surface area contributed by atoms with Crippen LogP contribution in [0.15, 0.2) is 140 Å². The van der Waals surface area contributed by atoms with Gasteiger partial charge in [-0.15, -0.1) is 0 Å². The number of carbonyl (C=O) groups is 2. The molecule has 0 aliphatic rings. The van der Waals surface area contributed by atoms with Gasteiger partial charge in [-0.1, -0.05) is 121 Å². The van der Waals surface area contributed by atoms with Gasteiger partial charge in [-0.3, -0.25) is 19.7 Å². The second kappa shape index (κ2) is 13.9. The molecule has 7 nitrogen and oxygen atoms in total. The third-order valence-corrected chi connectivity index (χ3v) is 7.11. The van der Waals surface area contributed by atoms with E-state index < -0.39 is 10.8 Å². The van der Waals surface area contributed by atoms with Crippen molar-refractivity contribution in [1.82, 2.24) is 9.80 Å². The van der Waals surface area contributed by atoms with E-state index in [4.69, 9.17) is 0 Å². The molecular formula is C36H31N3O4. The lowest BCUT2D eigenvalue weighted by molar-refractivity contribution is -0.384. The van der Waals surface area contributed by atoms with Crippen LogP contribution in [0, 0.1) is 10.1 Å². The quantitative estimate of drug-likeness (QED) is 0.124. The summed E-state index contributed by atoms with van der Waals surface area (Å²) in [5.74, 6) is -0.843.